The second-order valence-electron chi connectivity index (χ2n) is 10.2. The van der Waals surface area contributed by atoms with E-state index in [1.165, 1.54) is 43.6 Å². The van der Waals surface area contributed by atoms with Gasteiger partial charge in [-0.2, -0.15) is 0 Å². The number of hydrogen-bond donors (Lipinski definition) is 0. The quantitative estimate of drug-likeness (QED) is 0.233. The van der Waals surface area contributed by atoms with Gasteiger partial charge in [-0.05, 0) is 60.7 Å². The Morgan fingerprint density at radius 3 is 1.51 bits per heavy atom. The molecule has 0 atom stereocenters. The summed E-state index contributed by atoms with van der Waals surface area (Å²) >= 11 is 0. The fraction of sp³-hybridized carbons (Fsp3) is 0. The lowest BCUT2D eigenvalue weighted by Crippen LogP contribution is -1.94. The first-order valence-corrected chi connectivity index (χ1v) is 13.3. The number of rotatable bonds is 2. The molecule has 0 bridgehead atoms. The summed E-state index contributed by atoms with van der Waals surface area (Å²) in [6.07, 6.45) is 0. The molecule has 0 amide bonds. The highest BCUT2D eigenvalue weighted by Crippen LogP contribution is 2.42. The van der Waals surface area contributed by atoms with Crippen molar-refractivity contribution in [3.63, 3.8) is 0 Å². The molecule has 0 aliphatic rings. The van der Waals surface area contributed by atoms with Gasteiger partial charge in [-0.25, -0.2) is 0 Å². The van der Waals surface area contributed by atoms with Crippen LogP contribution in [0.25, 0.3) is 76.9 Å². The Kier molecular flexibility index (Phi) is 4.05. The minimum Gasteiger partial charge on any atom is -0.456 e. The van der Waals surface area contributed by atoms with E-state index in [4.69, 9.17) is 4.42 Å². The number of nitrogens with zero attached hydrogens (tertiary/aromatic N) is 2. The van der Waals surface area contributed by atoms with E-state index in [0.29, 0.717) is 0 Å². The maximum absolute atomic E-state index is 6.34. The zero-order chi connectivity index (χ0) is 25.5. The van der Waals surface area contributed by atoms with E-state index in [9.17, 15) is 0 Å². The van der Waals surface area contributed by atoms with Crippen LogP contribution >= 0.6 is 0 Å². The highest BCUT2D eigenvalue weighted by molar-refractivity contribution is 6.21. The first-order valence-electron chi connectivity index (χ1n) is 13.3. The summed E-state index contributed by atoms with van der Waals surface area (Å²) in [6, 6.07) is 47.6. The fourth-order valence-electron chi connectivity index (χ4n) is 6.41. The Morgan fingerprint density at radius 1 is 0.333 bits per heavy atom. The van der Waals surface area contributed by atoms with Crippen molar-refractivity contribution < 1.29 is 4.42 Å². The summed E-state index contributed by atoms with van der Waals surface area (Å²) in [7, 11) is 0. The Balaban J connectivity index is 1.50. The van der Waals surface area contributed by atoms with E-state index in [2.05, 4.69) is 130 Å². The second-order valence-corrected chi connectivity index (χ2v) is 10.2. The summed E-state index contributed by atoms with van der Waals surface area (Å²) in [5.41, 5.74) is 8.93. The maximum atomic E-state index is 6.34. The number of benzene rings is 6. The molecule has 0 spiro atoms. The number of hydrogen-bond acceptors (Lipinski definition) is 1. The van der Waals surface area contributed by atoms with Crippen LogP contribution in [0, 0.1) is 0 Å². The molecule has 0 aliphatic heterocycles. The van der Waals surface area contributed by atoms with Crippen molar-refractivity contribution >= 4 is 65.6 Å². The van der Waals surface area contributed by atoms with E-state index in [0.717, 1.165) is 33.3 Å². The summed E-state index contributed by atoms with van der Waals surface area (Å²) < 4.78 is 11.1. The smallest absolute Gasteiger partial charge is 0.136 e. The van der Waals surface area contributed by atoms with E-state index in [-0.39, 0.29) is 0 Å². The summed E-state index contributed by atoms with van der Waals surface area (Å²) in [5, 5.41) is 7.18. The van der Waals surface area contributed by atoms with Gasteiger partial charge in [-0.15, -0.1) is 0 Å². The number of aromatic nitrogens is 2. The third-order valence-corrected chi connectivity index (χ3v) is 8.09. The first-order chi connectivity index (χ1) is 19.3. The molecule has 0 unspecified atom stereocenters. The normalized spacial score (nSPS) is 12.1. The molecule has 9 aromatic rings. The zero-order valence-corrected chi connectivity index (χ0v) is 21.0. The van der Waals surface area contributed by atoms with Crippen LogP contribution < -0.4 is 0 Å². The number of furan rings is 1. The molecule has 3 aromatic heterocycles. The largest absolute Gasteiger partial charge is 0.456 e. The van der Waals surface area contributed by atoms with Gasteiger partial charge in [-0.3, -0.25) is 0 Å². The molecule has 0 saturated carbocycles. The number of para-hydroxylation sites is 4. The average Bonchev–Trinajstić information content (AvgIpc) is 3.62. The zero-order valence-electron chi connectivity index (χ0n) is 21.0. The van der Waals surface area contributed by atoms with Gasteiger partial charge in [0.05, 0.1) is 22.1 Å². The van der Waals surface area contributed by atoms with Gasteiger partial charge in [0, 0.05) is 43.7 Å². The van der Waals surface area contributed by atoms with Crippen molar-refractivity contribution in [1.29, 1.82) is 0 Å². The minimum absolute atomic E-state index is 0.916. The number of fused-ring (bicyclic) bond motifs is 9. The summed E-state index contributed by atoms with van der Waals surface area (Å²) in [6.45, 7) is 0. The molecule has 39 heavy (non-hydrogen) atoms. The van der Waals surface area contributed by atoms with Crippen molar-refractivity contribution in [1.82, 2.24) is 9.13 Å². The SMILES string of the molecule is c1ccc(-n2c3ccccc3c3cc4c(cc32)c2cc3oc5ccccc5c3cc2n4-c2ccccc2)cc1. The van der Waals surface area contributed by atoms with Crippen LogP contribution in [-0.2, 0) is 0 Å². The van der Waals surface area contributed by atoms with E-state index in [1.807, 2.05) is 12.1 Å². The molecule has 3 heteroatoms. The van der Waals surface area contributed by atoms with Crippen LogP contribution in [0.3, 0.4) is 0 Å². The van der Waals surface area contributed by atoms with Crippen LogP contribution in [0.2, 0.25) is 0 Å². The highest BCUT2D eigenvalue weighted by Gasteiger charge is 2.20. The molecule has 182 valence electrons. The van der Waals surface area contributed by atoms with Crippen molar-refractivity contribution in [2.24, 2.45) is 0 Å². The molecule has 9 rings (SSSR count). The summed E-state index contributed by atoms with van der Waals surface area (Å²) in [4.78, 5) is 0. The molecule has 0 radical (unpaired) electrons. The first kappa shape index (κ1) is 20.7. The van der Waals surface area contributed by atoms with E-state index >= 15 is 0 Å². The van der Waals surface area contributed by atoms with Crippen LogP contribution in [-0.4, -0.2) is 9.13 Å². The molecule has 0 N–H and O–H groups in total. The minimum atomic E-state index is 0.916. The summed E-state index contributed by atoms with van der Waals surface area (Å²) in [5.74, 6) is 0. The van der Waals surface area contributed by atoms with Gasteiger partial charge in [0.15, 0.2) is 0 Å². The monoisotopic (exact) mass is 498 g/mol. The third-order valence-electron chi connectivity index (χ3n) is 8.09. The maximum Gasteiger partial charge on any atom is 0.136 e. The average molecular weight is 499 g/mol. The molecule has 0 fully saturated rings. The van der Waals surface area contributed by atoms with Crippen molar-refractivity contribution in [3.05, 3.63) is 133 Å². The molecular formula is C36H22N2O. The van der Waals surface area contributed by atoms with Crippen molar-refractivity contribution in [2.45, 2.75) is 0 Å². The van der Waals surface area contributed by atoms with Crippen LogP contribution in [0.4, 0.5) is 0 Å². The van der Waals surface area contributed by atoms with Crippen LogP contribution in [0.15, 0.2) is 138 Å². The Hall–Kier alpha value is -5.28. The highest BCUT2D eigenvalue weighted by atomic mass is 16.3. The predicted molar refractivity (Wildman–Crippen MR) is 162 cm³/mol. The lowest BCUT2D eigenvalue weighted by molar-refractivity contribution is 0.669. The Bertz CT molecular complexity index is 2370. The molecule has 3 nitrogen and oxygen atoms in total. The lowest BCUT2D eigenvalue weighted by atomic mass is 10.1. The van der Waals surface area contributed by atoms with Gasteiger partial charge in [0.2, 0.25) is 0 Å². The Morgan fingerprint density at radius 2 is 0.821 bits per heavy atom. The molecule has 6 aromatic carbocycles. The van der Waals surface area contributed by atoms with Crippen LogP contribution in [0.5, 0.6) is 0 Å². The topological polar surface area (TPSA) is 23.0 Å². The standard InChI is InChI=1S/C36H22N2O/c1-3-11-23(12-4-1)37-31-17-9-7-15-25(31)27-19-33-28(20-32(27)37)29-22-36-30(26-16-8-10-18-35(26)39-36)21-34(29)38(33)24-13-5-2-6-14-24/h1-22H. The molecular weight excluding hydrogens is 476 g/mol. The van der Waals surface area contributed by atoms with Gasteiger partial charge in [-0.1, -0.05) is 72.8 Å². The Labute approximate surface area is 223 Å². The predicted octanol–water partition coefficient (Wildman–Crippen LogP) is 9.78. The molecule has 0 aliphatic carbocycles. The lowest BCUT2D eigenvalue weighted by Gasteiger charge is -2.09. The van der Waals surface area contributed by atoms with E-state index in [1.54, 1.807) is 0 Å². The van der Waals surface area contributed by atoms with E-state index < -0.39 is 0 Å². The van der Waals surface area contributed by atoms with Gasteiger partial charge < -0.3 is 13.6 Å². The van der Waals surface area contributed by atoms with Gasteiger partial charge >= 0.3 is 0 Å². The molecule has 3 heterocycles. The van der Waals surface area contributed by atoms with Gasteiger partial charge in [0.25, 0.3) is 0 Å². The van der Waals surface area contributed by atoms with Gasteiger partial charge in [0.1, 0.15) is 11.2 Å². The van der Waals surface area contributed by atoms with Crippen molar-refractivity contribution in [3.8, 4) is 11.4 Å². The van der Waals surface area contributed by atoms with Crippen molar-refractivity contribution in [2.75, 3.05) is 0 Å². The van der Waals surface area contributed by atoms with Crippen LogP contribution in [0.1, 0.15) is 0 Å². The fourth-order valence-corrected chi connectivity index (χ4v) is 6.41. The second kappa shape index (κ2) is 7.62. The third kappa shape index (κ3) is 2.82. The molecule has 0 saturated heterocycles.